The lowest BCUT2D eigenvalue weighted by atomic mass is 10.0. The number of aliphatic hydroxyl groups is 1. The van der Waals surface area contributed by atoms with E-state index in [0.29, 0.717) is 25.1 Å². The van der Waals surface area contributed by atoms with Crippen molar-refractivity contribution in [2.45, 2.75) is 25.1 Å². The number of nitrogens with zero attached hydrogens (tertiary/aromatic N) is 1. The minimum Gasteiger partial charge on any atom is -0.392 e. The zero-order valence-electron chi connectivity index (χ0n) is 10.8. The van der Waals surface area contributed by atoms with Gasteiger partial charge >= 0.3 is 0 Å². The zero-order chi connectivity index (χ0) is 14.1. The Morgan fingerprint density at radius 3 is 2.90 bits per heavy atom. The second-order valence-electron chi connectivity index (χ2n) is 5.08. The summed E-state index contributed by atoms with van der Waals surface area (Å²) >= 11 is 1.62. The predicted molar refractivity (Wildman–Crippen MR) is 74.5 cm³/mol. The lowest BCUT2D eigenvalue weighted by molar-refractivity contribution is 0.173. The molecule has 1 N–H and O–H groups in total. The predicted octanol–water partition coefficient (Wildman–Crippen LogP) is 3.33. The van der Waals surface area contributed by atoms with E-state index in [1.165, 1.54) is 6.07 Å². The molecule has 1 aliphatic heterocycles. The third kappa shape index (κ3) is 2.75. The fourth-order valence-electron chi connectivity index (χ4n) is 2.75. The number of aliphatic hydroxyl groups excluding tert-OH is 1. The summed E-state index contributed by atoms with van der Waals surface area (Å²) in [6.45, 7) is 1.13. The molecule has 0 bridgehead atoms. The summed E-state index contributed by atoms with van der Waals surface area (Å²) < 4.78 is 27.3. The molecule has 0 spiro atoms. The number of halogens is 2. The Morgan fingerprint density at radius 2 is 2.15 bits per heavy atom. The molecule has 0 aliphatic carbocycles. The van der Waals surface area contributed by atoms with E-state index in [1.807, 2.05) is 22.4 Å². The number of likely N-dealkylation sites (tertiary alicyclic amines) is 1. The van der Waals surface area contributed by atoms with E-state index in [9.17, 15) is 13.9 Å². The Balaban J connectivity index is 1.87. The van der Waals surface area contributed by atoms with Crippen molar-refractivity contribution >= 4 is 11.3 Å². The molecule has 3 rings (SSSR count). The molecule has 0 radical (unpaired) electrons. The van der Waals surface area contributed by atoms with Gasteiger partial charge in [-0.1, -0.05) is 6.07 Å². The summed E-state index contributed by atoms with van der Waals surface area (Å²) in [7, 11) is 0. The number of β-amino-alcohol motifs (C(OH)–C–C–N with tert-alkyl or cyclic N) is 1. The van der Waals surface area contributed by atoms with Crippen molar-refractivity contribution in [1.29, 1.82) is 0 Å². The number of hydrogen-bond donors (Lipinski definition) is 1. The molecule has 2 heterocycles. The highest BCUT2D eigenvalue weighted by Gasteiger charge is 2.33. The summed E-state index contributed by atoms with van der Waals surface area (Å²) in [4.78, 5) is 3.16. The third-order valence-electron chi connectivity index (χ3n) is 3.64. The fraction of sp³-hybridized carbons (Fsp3) is 0.333. The minimum absolute atomic E-state index is 0.275. The Labute approximate surface area is 120 Å². The second-order valence-corrected chi connectivity index (χ2v) is 6.11. The standard InChI is InChI=1S/C15H15F2NOS/c16-10-3-4-14(17)13(6-10)15-7-11(19)8-18(15)9-12-2-1-5-20-12/h1-6,11,15,19H,7-9H2. The molecule has 5 heteroatoms. The Bertz CT molecular complexity index is 588. The molecule has 1 aromatic carbocycles. The molecule has 0 saturated carbocycles. The summed E-state index contributed by atoms with van der Waals surface area (Å²) in [5.74, 6) is -0.861. The molecule has 2 unspecified atom stereocenters. The maximum absolute atomic E-state index is 13.9. The van der Waals surface area contributed by atoms with Crippen molar-refractivity contribution in [3.05, 3.63) is 57.8 Å². The van der Waals surface area contributed by atoms with Crippen LogP contribution >= 0.6 is 11.3 Å². The fourth-order valence-corrected chi connectivity index (χ4v) is 3.48. The summed E-state index contributed by atoms with van der Waals surface area (Å²) in [6.07, 6.45) is -0.0613. The maximum Gasteiger partial charge on any atom is 0.128 e. The van der Waals surface area contributed by atoms with Crippen molar-refractivity contribution in [3.8, 4) is 0 Å². The average Bonchev–Trinajstić information content (AvgIpc) is 3.03. The Kier molecular flexibility index (Phi) is 3.83. The molecule has 0 amide bonds. The van der Waals surface area contributed by atoms with Crippen LogP contribution < -0.4 is 0 Å². The Hall–Kier alpha value is -1.30. The maximum atomic E-state index is 13.9. The molecular formula is C15H15F2NOS. The van der Waals surface area contributed by atoms with Gasteiger partial charge in [-0.05, 0) is 36.1 Å². The van der Waals surface area contributed by atoms with E-state index < -0.39 is 17.7 Å². The molecule has 1 aromatic heterocycles. The first-order valence-electron chi connectivity index (χ1n) is 6.53. The van der Waals surface area contributed by atoms with Crippen molar-refractivity contribution in [3.63, 3.8) is 0 Å². The Morgan fingerprint density at radius 1 is 1.30 bits per heavy atom. The van der Waals surface area contributed by atoms with Crippen LogP contribution in [0.15, 0.2) is 35.7 Å². The van der Waals surface area contributed by atoms with Gasteiger partial charge < -0.3 is 5.11 Å². The molecular weight excluding hydrogens is 280 g/mol. The largest absolute Gasteiger partial charge is 0.392 e. The molecule has 2 nitrogen and oxygen atoms in total. The third-order valence-corrected chi connectivity index (χ3v) is 4.50. The summed E-state index contributed by atoms with van der Waals surface area (Å²) in [5, 5.41) is 11.9. The normalized spacial score (nSPS) is 23.4. The first-order valence-corrected chi connectivity index (χ1v) is 7.41. The van der Waals surface area contributed by atoms with Gasteiger partial charge in [0.25, 0.3) is 0 Å². The highest BCUT2D eigenvalue weighted by atomic mass is 32.1. The van der Waals surface area contributed by atoms with Crippen LogP contribution in [0.4, 0.5) is 8.78 Å². The van der Waals surface area contributed by atoms with E-state index in [2.05, 4.69) is 0 Å². The molecule has 1 saturated heterocycles. The first kappa shape index (κ1) is 13.7. The van der Waals surface area contributed by atoms with Crippen LogP contribution in [-0.2, 0) is 6.54 Å². The van der Waals surface area contributed by atoms with Gasteiger partial charge in [0, 0.05) is 29.6 Å². The van der Waals surface area contributed by atoms with Crippen molar-refractivity contribution in [2.75, 3.05) is 6.54 Å². The van der Waals surface area contributed by atoms with E-state index in [1.54, 1.807) is 11.3 Å². The summed E-state index contributed by atoms with van der Waals surface area (Å²) in [5.41, 5.74) is 0.332. The van der Waals surface area contributed by atoms with Crippen LogP contribution in [0.5, 0.6) is 0 Å². The van der Waals surface area contributed by atoms with Crippen LogP contribution in [0, 0.1) is 11.6 Å². The molecule has 20 heavy (non-hydrogen) atoms. The monoisotopic (exact) mass is 295 g/mol. The number of benzene rings is 1. The minimum atomic E-state index is -0.498. The van der Waals surface area contributed by atoms with Gasteiger partial charge in [0.1, 0.15) is 11.6 Å². The lowest BCUT2D eigenvalue weighted by Gasteiger charge is -2.24. The van der Waals surface area contributed by atoms with Gasteiger partial charge in [0.15, 0.2) is 0 Å². The number of rotatable bonds is 3. The first-order chi connectivity index (χ1) is 9.63. The molecule has 2 atom stereocenters. The van der Waals surface area contributed by atoms with Crippen molar-refractivity contribution in [1.82, 2.24) is 4.90 Å². The molecule has 106 valence electrons. The molecule has 2 aromatic rings. The topological polar surface area (TPSA) is 23.5 Å². The van der Waals surface area contributed by atoms with Crippen LogP contribution in [0.1, 0.15) is 22.9 Å². The van der Waals surface area contributed by atoms with E-state index in [4.69, 9.17) is 0 Å². The van der Waals surface area contributed by atoms with E-state index in [-0.39, 0.29) is 6.04 Å². The van der Waals surface area contributed by atoms with Crippen molar-refractivity contribution < 1.29 is 13.9 Å². The van der Waals surface area contributed by atoms with Crippen LogP contribution in [0.2, 0.25) is 0 Å². The molecule has 1 fully saturated rings. The quantitative estimate of drug-likeness (QED) is 0.939. The van der Waals surface area contributed by atoms with Gasteiger partial charge in [-0.15, -0.1) is 11.3 Å². The smallest absolute Gasteiger partial charge is 0.128 e. The highest BCUT2D eigenvalue weighted by Crippen LogP contribution is 2.35. The second kappa shape index (κ2) is 5.60. The number of hydrogen-bond acceptors (Lipinski definition) is 3. The van der Waals surface area contributed by atoms with E-state index >= 15 is 0 Å². The van der Waals surface area contributed by atoms with Gasteiger partial charge in [-0.2, -0.15) is 0 Å². The van der Waals surface area contributed by atoms with Crippen LogP contribution in [0.25, 0.3) is 0 Å². The van der Waals surface area contributed by atoms with Gasteiger partial charge in [-0.3, -0.25) is 4.90 Å². The van der Waals surface area contributed by atoms with Gasteiger partial charge in [0.05, 0.1) is 6.10 Å². The zero-order valence-corrected chi connectivity index (χ0v) is 11.6. The van der Waals surface area contributed by atoms with Crippen LogP contribution in [0.3, 0.4) is 0 Å². The SMILES string of the molecule is OC1CC(c2cc(F)ccc2F)N(Cc2cccs2)C1. The van der Waals surface area contributed by atoms with Crippen LogP contribution in [-0.4, -0.2) is 22.7 Å². The van der Waals surface area contributed by atoms with Crippen molar-refractivity contribution in [2.24, 2.45) is 0 Å². The lowest BCUT2D eigenvalue weighted by Crippen LogP contribution is -2.24. The number of thiophene rings is 1. The van der Waals surface area contributed by atoms with Gasteiger partial charge in [-0.25, -0.2) is 8.78 Å². The average molecular weight is 295 g/mol. The van der Waals surface area contributed by atoms with E-state index in [0.717, 1.165) is 17.0 Å². The summed E-state index contributed by atoms with van der Waals surface area (Å²) in [6, 6.07) is 7.20. The van der Waals surface area contributed by atoms with Gasteiger partial charge in [0.2, 0.25) is 0 Å². The molecule has 1 aliphatic rings. The highest BCUT2D eigenvalue weighted by molar-refractivity contribution is 7.09.